The quantitative estimate of drug-likeness (QED) is 0.778. The molecule has 2 atom stereocenters. The third-order valence-electron chi connectivity index (χ3n) is 6.76. The van der Waals surface area contributed by atoms with E-state index in [2.05, 4.69) is 10.2 Å². The van der Waals surface area contributed by atoms with Crippen molar-refractivity contribution < 1.29 is 9.53 Å². The van der Waals surface area contributed by atoms with Crippen LogP contribution in [0.5, 0.6) is 0 Å². The summed E-state index contributed by atoms with van der Waals surface area (Å²) >= 11 is 0. The smallest absolute Gasteiger partial charge is 0.220 e. The summed E-state index contributed by atoms with van der Waals surface area (Å²) in [5.74, 6) is 0.595. The summed E-state index contributed by atoms with van der Waals surface area (Å²) < 4.78 is 5.51. The molecular weight excluding hydrogens is 302 g/mol. The predicted octanol–water partition coefficient (Wildman–Crippen LogP) is 2.04. The van der Waals surface area contributed by atoms with Gasteiger partial charge in [-0.15, -0.1) is 0 Å². The Morgan fingerprint density at radius 3 is 2.46 bits per heavy atom. The maximum absolute atomic E-state index is 12.4. The van der Waals surface area contributed by atoms with Crippen molar-refractivity contribution in [3.63, 3.8) is 0 Å². The molecule has 3 rings (SSSR count). The summed E-state index contributed by atoms with van der Waals surface area (Å²) in [6, 6.07) is 0.226. The second kappa shape index (κ2) is 8.15. The van der Waals surface area contributed by atoms with Gasteiger partial charge in [-0.2, -0.15) is 0 Å². The summed E-state index contributed by atoms with van der Waals surface area (Å²) in [6.45, 7) is 3.01. The fourth-order valence-electron chi connectivity index (χ4n) is 5.10. The van der Waals surface area contributed by atoms with E-state index in [9.17, 15) is 4.79 Å². The molecule has 1 saturated heterocycles. The van der Waals surface area contributed by atoms with Crippen LogP contribution in [0, 0.1) is 5.92 Å². The number of piperidine rings is 1. The van der Waals surface area contributed by atoms with Gasteiger partial charge in [0.2, 0.25) is 5.91 Å². The van der Waals surface area contributed by atoms with Gasteiger partial charge in [0.15, 0.2) is 0 Å². The molecule has 2 aliphatic carbocycles. The number of nitrogens with zero attached hydrogens (tertiary/aromatic N) is 1. The zero-order valence-corrected chi connectivity index (χ0v) is 15.3. The SMILES string of the molecule is COC1CCN(C2(CNC(=O)C[C@@H]3CCC[C@H]3N)CCCC2)CC1. The molecule has 5 heteroatoms. The van der Waals surface area contributed by atoms with E-state index in [1.54, 1.807) is 0 Å². The third-order valence-corrected chi connectivity index (χ3v) is 6.76. The molecule has 1 aliphatic heterocycles. The third kappa shape index (κ3) is 4.12. The molecule has 0 spiro atoms. The molecule has 3 N–H and O–H groups in total. The van der Waals surface area contributed by atoms with E-state index >= 15 is 0 Å². The lowest BCUT2D eigenvalue weighted by Crippen LogP contribution is -2.57. The van der Waals surface area contributed by atoms with Gasteiger partial charge in [-0.25, -0.2) is 0 Å². The molecule has 138 valence electrons. The maximum Gasteiger partial charge on any atom is 0.220 e. The van der Waals surface area contributed by atoms with Gasteiger partial charge in [0.1, 0.15) is 0 Å². The zero-order valence-electron chi connectivity index (χ0n) is 15.3. The van der Waals surface area contributed by atoms with Crippen molar-refractivity contribution >= 4 is 5.91 Å². The minimum absolute atomic E-state index is 0.187. The molecule has 0 aromatic carbocycles. The molecule has 3 fully saturated rings. The Bertz CT molecular complexity index is 415. The average molecular weight is 338 g/mol. The summed E-state index contributed by atoms with van der Waals surface area (Å²) in [7, 11) is 1.82. The van der Waals surface area contributed by atoms with Gasteiger partial charge in [-0.3, -0.25) is 9.69 Å². The lowest BCUT2D eigenvalue weighted by molar-refractivity contribution is -0.123. The first-order valence-corrected chi connectivity index (χ1v) is 9.93. The van der Waals surface area contributed by atoms with Crippen LogP contribution in [-0.4, -0.2) is 55.2 Å². The topological polar surface area (TPSA) is 67.6 Å². The van der Waals surface area contributed by atoms with Crippen molar-refractivity contribution in [1.82, 2.24) is 10.2 Å². The van der Waals surface area contributed by atoms with Crippen LogP contribution in [-0.2, 0) is 9.53 Å². The van der Waals surface area contributed by atoms with E-state index in [1.807, 2.05) is 7.11 Å². The number of ether oxygens (including phenoxy) is 1. The van der Waals surface area contributed by atoms with E-state index in [0.717, 1.165) is 45.3 Å². The number of carbonyl (C=O) groups is 1. The molecule has 2 saturated carbocycles. The normalized spacial score (nSPS) is 31.4. The fourth-order valence-corrected chi connectivity index (χ4v) is 5.10. The number of likely N-dealkylation sites (tertiary alicyclic amines) is 1. The molecule has 0 aromatic heterocycles. The maximum atomic E-state index is 12.4. The van der Waals surface area contributed by atoms with E-state index < -0.39 is 0 Å². The van der Waals surface area contributed by atoms with Gasteiger partial charge in [0.05, 0.1) is 6.10 Å². The molecule has 0 radical (unpaired) electrons. The number of amides is 1. The highest BCUT2D eigenvalue weighted by Gasteiger charge is 2.41. The Morgan fingerprint density at radius 1 is 1.17 bits per heavy atom. The largest absolute Gasteiger partial charge is 0.381 e. The number of carbonyl (C=O) groups excluding carboxylic acids is 1. The van der Waals surface area contributed by atoms with Crippen molar-refractivity contribution in [2.24, 2.45) is 11.7 Å². The molecular formula is C19H35N3O2. The van der Waals surface area contributed by atoms with E-state index in [1.165, 1.54) is 32.1 Å². The second-order valence-electron chi connectivity index (χ2n) is 8.19. The van der Waals surface area contributed by atoms with Crippen molar-refractivity contribution in [3.8, 4) is 0 Å². The fraction of sp³-hybridized carbons (Fsp3) is 0.947. The van der Waals surface area contributed by atoms with Crippen molar-refractivity contribution in [2.75, 3.05) is 26.7 Å². The summed E-state index contributed by atoms with van der Waals surface area (Å²) in [6.07, 6.45) is 11.6. The first-order chi connectivity index (χ1) is 11.6. The highest BCUT2D eigenvalue weighted by atomic mass is 16.5. The molecule has 3 aliphatic rings. The van der Waals surface area contributed by atoms with Crippen LogP contribution in [0.4, 0.5) is 0 Å². The lowest BCUT2D eigenvalue weighted by Gasteiger charge is -2.45. The number of hydrogen-bond acceptors (Lipinski definition) is 4. The minimum Gasteiger partial charge on any atom is -0.381 e. The Labute approximate surface area is 146 Å². The molecule has 0 unspecified atom stereocenters. The number of hydrogen-bond donors (Lipinski definition) is 2. The molecule has 0 aromatic rings. The molecule has 1 amide bonds. The van der Waals surface area contributed by atoms with Crippen LogP contribution >= 0.6 is 0 Å². The Hall–Kier alpha value is -0.650. The van der Waals surface area contributed by atoms with E-state index in [4.69, 9.17) is 10.5 Å². The van der Waals surface area contributed by atoms with Crippen LogP contribution in [0.25, 0.3) is 0 Å². The van der Waals surface area contributed by atoms with Crippen LogP contribution < -0.4 is 11.1 Å². The summed E-state index contributed by atoms with van der Waals surface area (Å²) in [5.41, 5.74) is 6.30. The zero-order chi connectivity index (χ0) is 17.0. The number of nitrogens with two attached hydrogens (primary N) is 1. The average Bonchev–Trinajstić information content (AvgIpc) is 3.24. The monoisotopic (exact) mass is 337 g/mol. The van der Waals surface area contributed by atoms with Crippen molar-refractivity contribution in [1.29, 1.82) is 0 Å². The van der Waals surface area contributed by atoms with Gasteiger partial charge in [0, 0.05) is 44.7 Å². The van der Waals surface area contributed by atoms with Gasteiger partial charge < -0.3 is 15.8 Å². The molecule has 0 bridgehead atoms. The van der Waals surface area contributed by atoms with Crippen LogP contribution in [0.2, 0.25) is 0 Å². The summed E-state index contributed by atoms with van der Waals surface area (Å²) in [4.78, 5) is 15.1. The second-order valence-corrected chi connectivity index (χ2v) is 8.19. The molecule has 1 heterocycles. The van der Waals surface area contributed by atoms with Crippen LogP contribution in [0.15, 0.2) is 0 Å². The van der Waals surface area contributed by atoms with Crippen LogP contribution in [0.1, 0.15) is 64.2 Å². The predicted molar refractivity (Wildman–Crippen MR) is 95.7 cm³/mol. The highest BCUT2D eigenvalue weighted by molar-refractivity contribution is 5.76. The standard InChI is InChI=1S/C19H35N3O2/c1-24-16-7-11-22(12-8-16)19(9-2-3-10-19)14-21-18(23)13-15-5-4-6-17(15)20/h15-17H,2-14,20H2,1H3,(H,21,23)/t15-,17+/m0/s1. The van der Waals surface area contributed by atoms with Gasteiger partial charge >= 0.3 is 0 Å². The van der Waals surface area contributed by atoms with Gasteiger partial charge in [-0.05, 0) is 44.4 Å². The summed E-state index contributed by atoms with van der Waals surface area (Å²) in [5, 5.41) is 3.27. The number of methoxy groups -OCH3 is 1. The van der Waals surface area contributed by atoms with E-state index in [0.29, 0.717) is 18.4 Å². The van der Waals surface area contributed by atoms with Crippen molar-refractivity contribution in [3.05, 3.63) is 0 Å². The first kappa shape index (κ1) is 18.2. The van der Waals surface area contributed by atoms with Crippen molar-refractivity contribution in [2.45, 2.75) is 81.9 Å². The number of rotatable bonds is 6. The Morgan fingerprint density at radius 2 is 1.88 bits per heavy atom. The molecule has 5 nitrogen and oxygen atoms in total. The minimum atomic E-state index is 0.187. The highest BCUT2D eigenvalue weighted by Crippen LogP contribution is 2.37. The van der Waals surface area contributed by atoms with Gasteiger partial charge in [-0.1, -0.05) is 19.3 Å². The molecule has 24 heavy (non-hydrogen) atoms. The van der Waals surface area contributed by atoms with Gasteiger partial charge in [0.25, 0.3) is 0 Å². The van der Waals surface area contributed by atoms with E-state index in [-0.39, 0.29) is 17.5 Å². The Balaban J connectivity index is 1.51. The lowest BCUT2D eigenvalue weighted by atomic mass is 9.91. The Kier molecular flexibility index (Phi) is 6.17. The number of nitrogens with one attached hydrogen (secondary N) is 1. The van der Waals surface area contributed by atoms with Crippen LogP contribution in [0.3, 0.4) is 0 Å². The first-order valence-electron chi connectivity index (χ1n) is 9.93.